The fourth-order valence-corrected chi connectivity index (χ4v) is 4.51. The van der Waals surface area contributed by atoms with Gasteiger partial charge in [-0.1, -0.05) is 74.5 Å². The number of nitrogens with zero attached hydrogens (tertiary/aromatic N) is 2. The zero-order valence-electron chi connectivity index (χ0n) is 18.0. The Kier molecular flexibility index (Phi) is 4.12. The number of aromatic nitrogens is 2. The van der Waals surface area contributed by atoms with Gasteiger partial charge in [-0.25, -0.2) is 4.98 Å². The topological polar surface area (TPSA) is 38.9 Å². The van der Waals surface area contributed by atoms with Gasteiger partial charge in [-0.15, -0.1) is 0 Å². The Hall–Kier alpha value is -3.98. The van der Waals surface area contributed by atoms with Crippen LogP contribution in [0, 0.1) is 0 Å². The van der Waals surface area contributed by atoms with E-state index in [0.29, 0.717) is 5.71 Å². The lowest BCUT2D eigenvalue weighted by Gasteiger charge is -2.26. The van der Waals surface area contributed by atoms with E-state index >= 15 is 0 Å². The van der Waals surface area contributed by atoms with Crippen LogP contribution in [0.2, 0.25) is 0 Å². The number of hydrogen-bond donors (Lipinski definition) is 0. The highest BCUT2D eigenvalue weighted by atomic mass is 16.3. The van der Waals surface area contributed by atoms with E-state index in [1.807, 2.05) is 24.4 Å². The first-order valence-corrected chi connectivity index (χ1v) is 10.8. The summed E-state index contributed by atoms with van der Waals surface area (Å²) in [5.74, 6) is 0. The van der Waals surface area contributed by atoms with Crippen LogP contribution in [0.3, 0.4) is 0 Å². The molecule has 3 heterocycles. The molecule has 3 heteroatoms. The third-order valence-electron chi connectivity index (χ3n) is 6.45. The van der Waals surface area contributed by atoms with Gasteiger partial charge in [0, 0.05) is 33.3 Å². The minimum absolute atomic E-state index is 0.139. The minimum Gasteiger partial charge on any atom is -0.437 e. The van der Waals surface area contributed by atoms with E-state index in [2.05, 4.69) is 86.6 Å². The molecule has 3 aromatic heterocycles. The molecule has 0 atom stereocenters. The van der Waals surface area contributed by atoms with Gasteiger partial charge in [0.05, 0.1) is 11.2 Å². The average molecular weight is 415 g/mol. The number of furan rings is 1. The number of benzene rings is 3. The van der Waals surface area contributed by atoms with E-state index in [0.717, 1.165) is 38.5 Å². The summed E-state index contributed by atoms with van der Waals surface area (Å²) in [5, 5.41) is 3.20. The second-order valence-electron chi connectivity index (χ2n) is 8.74. The molecule has 0 unspecified atom stereocenters. The van der Waals surface area contributed by atoms with Gasteiger partial charge in [-0.3, -0.25) is 4.98 Å². The smallest absolute Gasteiger partial charge is 0.227 e. The molecule has 0 fully saturated rings. The molecule has 6 aromatic rings. The standard InChI is InChI=1S/C29H22N2O/c1-29(2,20-10-4-3-5-11-20)21-15-16-30-26(18-21)23-13-8-12-22-24-17-19-9-6-7-14-25(19)31-28(24)32-27(22)23/h3-18H,1-2H3. The quantitative estimate of drug-likeness (QED) is 0.300. The fraction of sp³-hybridized carbons (Fsp3) is 0.103. The maximum Gasteiger partial charge on any atom is 0.227 e. The number of pyridine rings is 2. The van der Waals surface area contributed by atoms with Crippen LogP contribution in [0.25, 0.3) is 44.2 Å². The molecule has 6 rings (SSSR count). The fourth-order valence-electron chi connectivity index (χ4n) is 4.51. The first kappa shape index (κ1) is 18.8. The van der Waals surface area contributed by atoms with Crippen LogP contribution >= 0.6 is 0 Å². The molecular formula is C29H22N2O. The van der Waals surface area contributed by atoms with Crippen LogP contribution in [0.4, 0.5) is 0 Å². The van der Waals surface area contributed by atoms with Crippen molar-refractivity contribution in [3.8, 4) is 11.3 Å². The number of hydrogen-bond acceptors (Lipinski definition) is 3. The Bertz CT molecular complexity index is 1600. The van der Waals surface area contributed by atoms with Gasteiger partial charge in [-0.05, 0) is 41.5 Å². The Morgan fingerprint density at radius 2 is 1.53 bits per heavy atom. The molecule has 0 aliphatic rings. The molecule has 0 amide bonds. The zero-order valence-corrected chi connectivity index (χ0v) is 18.0. The van der Waals surface area contributed by atoms with Gasteiger partial charge >= 0.3 is 0 Å². The van der Waals surface area contributed by atoms with Crippen LogP contribution < -0.4 is 0 Å². The number of para-hydroxylation sites is 2. The van der Waals surface area contributed by atoms with Gasteiger partial charge in [0.25, 0.3) is 0 Å². The van der Waals surface area contributed by atoms with Crippen molar-refractivity contribution >= 4 is 33.0 Å². The Balaban J connectivity index is 1.54. The monoisotopic (exact) mass is 414 g/mol. The summed E-state index contributed by atoms with van der Waals surface area (Å²) in [6.07, 6.45) is 1.89. The van der Waals surface area contributed by atoms with Crippen LogP contribution in [0.5, 0.6) is 0 Å². The van der Waals surface area contributed by atoms with Gasteiger partial charge in [0.15, 0.2) is 0 Å². The van der Waals surface area contributed by atoms with Crippen molar-refractivity contribution in [1.82, 2.24) is 9.97 Å². The third-order valence-corrected chi connectivity index (χ3v) is 6.45. The summed E-state index contributed by atoms with van der Waals surface area (Å²) >= 11 is 0. The van der Waals surface area contributed by atoms with Crippen molar-refractivity contribution in [2.24, 2.45) is 0 Å². The van der Waals surface area contributed by atoms with Crippen LogP contribution in [-0.4, -0.2) is 9.97 Å². The highest BCUT2D eigenvalue weighted by Gasteiger charge is 2.24. The second kappa shape index (κ2) is 7.03. The van der Waals surface area contributed by atoms with E-state index < -0.39 is 0 Å². The lowest BCUT2D eigenvalue weighted by atomic mass is 9.78. The van der Waals surface area contributed by atoms with Crippen molar-refractivity contribution < 1.29 is 4.42 Å². The molecule has 154 valence electrons. The molecule has 3 aromatic carbocycles. The molecule has 3 nitrogen and oxygen atoms in total. The molecule has 0 N–H and O–H groups in total. The molecule has 0 aliphatic carbocycles. The molecule has 0 spiro atoms. The zero-order chi connectivity index (χ0) is 21.7. The largest absolute Gasteiger partial charge is 0.437 e. The summed E-state index contributed by atoms with van der Waals surface area (Å²) in [4.78, 5) is 9.47. The summed E-state index contributed by atoms with van der Waals surface area (Å²) in [7, 11) is 0. The van der Waals surface area contributed by atoms with Gasteiger partial charge < -0.3 is 4.42 Å². The Morgan fingerprint density at radius 1 is 0.719 bits per heavy atom. The van der Waals surface area contributed by atoms with Crippen LogP contribution in [-0.2, 0) is 5.41 Å². The van der Waals surface area contributed by atoms with Gasteiger partial charge in [0.1, 0.15) is 5.58 Å². The summed E-state index contributed by atoms with van der Waals surface area (Å²) < 4.78 is 6.31. The van der Waals surface area contributed by atoms with Crippen molar-refractivity contribution in [2.75, 3.05) is 0 Å². The second-order valence-corrected chi connectivity index (χ2v) is 8.74. The molecule has 0 saturated carbocycles. The Morgan fingerprint density at radius 3 is 2.41 bits per heavy atom. The molecule has 0 bridgehead atoms. The first-order valence-electron chi connectivity index (χ1n) is 10.8. The number of fused-ring (bicyclic) bond motifs is 4. The molecule has 0 radical (unpaired) electrons. The predicted octanol–water partition coefficient (Wildman–Crippen LogP) is 7.52. The van der Waals surface area contributed by atoms with E-state index in [1.165, 1.54) is 11.1 Å². The van der Waals surface area contributed by atoms with Gasteiger partial charge in [-0.2, -0.15) is 0 Å². The van der Waals surface area contributed by atoms with Crippen LogP contribution in [0.1, 0.15) is 25.0 Å². The lowest BCUT2D eigenvalue weighted by Crippen LogP contribution is -2.18. The highest BCUT2D eigenvalue weighted by molar-refractivity contribution is 6.10. The van der Waals surface area contributed by atoms with E-state index in [9.17, 15) is 0 Å². The predicted molar refractivity (Wildman–Crippen MR) is 131 cm³/mol. The van der Waals surface area contributed by atoms with E-state index in [4.69, 9.17) is 14.4 Å². The average Bonchev–Trinajstić information content (AvgIpc) is 3.20. The van der Waals surface area contributed by atoms with E-state index in [-0.39, 0.29) is 5.41 Å². The Labute approximate surface area is 186 Å². The third kappa shape index (κ3) is 2.89. The molecule has 0 aliphatic heterocycles. The maximum absolute atomic E-state index is 6.31. The maximum atomic E-state index is 6.31. The molecular weight excluding hydrogens is 392 g/mol. The summed E-state index contributed by atoms with van der Waals surface area (Å²) in [6, 6.07) is 31.4. The van der Waals surface area contributed by atoms with Crippen molar-refractivity contribution in [1.29, 1.82) is 0 Å². The van der Waals surface area contributed by atoms with Gasteiger partial charge in [0.2, 0.25) is 5.71 Å². The van der Waals surface area contributed by atoms with Crippen molar-refractivity contribution in [2.45, 2.75) is 19.3 Å². The summed E-state index contributed by atoms with van der Waals surface area (Å²) in [5.41, 5.74) is 6.65. The van der Waals surface area contributed by atoms with Crippen molar-refractivity contribution in [3.63, 3.8) is 0 Å². The highest BCUT2D eigenvalue weighted by Crippen LogP contribution is 2.38. The lowest BCUT2D eigenvalue weighted by molar-refractivity contribution is 0.639. The molecule has 0 saturated heterocycles. The normalized spacial score (nSPS) is 12.1. The minimum atomic E-state index is -0.139. The van der Waals surface area contributed by atoms with E-state index in [1.54, 1.807) is 0 Å². The number of rotatable bonds is 3. The molecule has 32 heavy (non-hydrogen) atoms. The summed E-state index contributed by atoms with van der Waals surface area (Å²) in [6.45, 7) is 4.50. The van der Waals surface area contributed by atoms with Crippen molar-refractivity contribution in [3.05, 3.63) is 108 Å². The SMILES string of the molecule is CC(C)(c1ccccc1)c1ccnc(-c2cccc3c2oc2nc4ccccc4cc23)c1. The first-order chi connectivity index (χ1) is 15.6. The van der Waals surface area contributed by atoms with Crippen LogP contribution in [0.15, 0.2) is 102 Å².